The topological polar surface area (TPSA) is 77.3 Å². The van der Waals surface area contributed by atoms with E-state index in [1.807, 2.05) is 6.07 Å². The number of benzene rings is 2. The SMILES string of the molecule is COc1cc2c(Oc3ccc(C#N)cc3OC)ncnc2cc1F. The molecule has 0 bridgehead atoms. The Bertz CT molecular complexity index is 954. The molecule has 0 aliphatic carbocycles. The van der Waals surface area contributed by atoms with Crippen molar-refractivity contribution in [3.8, 4) is 29.2 Å². The third-order valence-corrected chi connectivity index (χ3v) is 3.37. The number of hydrogen-bond donors (Lipinski definition) is 0. The summed E-state index contributed by atoms with van der Waals surface area (Å²) >= 11 is 0. The monoisotopic (exact) mass is 325 g/mol. The van der Waals surface area contributed by atoms with Crippen LogP contribution in [0.25, 0.3) is 10.9 Å². The molecule has 0 N–H and O–H groups in total. The number of methoxy groups -OCH3 is 2. The Morgan fingerprint density at radius 2 is 1.79 bits per heavy atom. The highest BCUT2D eigenvalue weighted by Gasteiger charge is 2.14. The molecule has 0 amide bonds. The van der Waals surface area contributed by atoms with Gasteiger partial charge in [0, 0.05) is 12.1 Å². The molecule has 0 unspecified atom stereocenters. The van der Waals surface area contributed by atoms with E-state index in [-0.39, 0.29) is 11.6 Å². The lowest BCUT2D eigenvalue weighted by atomic mass is 10.2. The fourth-order valence-electron chi connectivity index (χ4n) is 2.20. The molecule has 3 aromatic rings. The van der Waals surface area contributed by atoms with Gasteiger partial charge in [-0.15, -0.1) is 0 Å². The molecule has 2 aromatic carbocycles. The molecular formula is C17H12FN3O3. The molecule has 0 atom stereocenters. The zero-order chi connectivity index (χ0) is 17.1. The number of aromatic nitrogens is 2. The van der Waals surface area contributed by atoms with Crippen molar-refractivity contribution in [2.24, 2.45) is 0 Å². The van der Waals surface area contributed by atoms with Gasteiger partial charge in [0.05, 0.1) is 36.8 Å². The number of nitriles is 1. The second kappa shape index (κ2) is 6.38. The Kier molecular flexibility index (Phi) is 4.12. The van der Waals surface area contributed by atoms with Crippen molar-refractivity contribution in [3.63, 3.8) is 0 Å². The first kappa shape index (κ1) is 15.5. The fourth-order valence-corrected chi connectivity index (χ4v) is 2.20. The van der Waals surface area contributed by atoms with Crippen LogP contribution in [0.5, 0.6) is 23.1 Å². The quantitative estimate of drug-likeness (QED) is 0.731. The summed E-state index contributed by atoms with van der Waals surface area (Å²) in [4.78, 5) is 8.12. The molecule has 24 heavy (non-hydrogen) atoms. The minimum absolute atomic E-state index is 0.0638. The van der Waals surface area contributed by atoms with Crippen LogP contribution in [0.3, 0.4) is 0 Å². The van der Waals surface area contributed by atoms with E-state index >= 15 is 0 Å². The van der Waals surface area contributed by atoms with E-state index in [4.69, 9.17) is 19.5 Å². The summed E-state index contributed by atoms with van der Waals surface area (Å²) in [6.07, 6.45) is 1.28. The van der Waals surface area contributed by atoms with Crippen molar-refractivity contribution in [1.29, 1.82) is 5.26 Å². The summed E-state index contributed by atoms with van der Waals surface area (Å²) in [6.45, 7) is 0. The normalized spacial score (nSPS) is 10.2. The predicted molar refractivity (Wildman–Crippen MR) is 83.8 cm³/mol. The smallest absolute Gasteiger partial charge is 0.230 e. The predicted octanol–water partition coefficient (Wildman–Crippen LogP) is 3.45. The molecule has 1 heterocycles. The van der Waals surface area contributed by atoms with Gasteiger partial charge in [-0.3, -0.25) is 0 Å². The van der Waals surface area contributed by atoms with Crippen molar-refractivity contribution in [1.82, 2.24) is 9.97 Å². The Balaban J connectivity index is 2.09. The summed E-state index contributed by atoms with van der Waals surface area (Å²) < 4.78 is 29.8. The Hall–Kier alpha value is -3.40. The van der Waals surface area contributed by atoms with E-state index in [9.17, 15) is 4.39 Å². The number of hydrogen-bond acceptors (Lipinski definition) is 6. The van der Waals surface area contributed by atoms with Crippen LogP contribution >= 0.6 is 0 Å². The molecule has 0 saturated carbocycles. The van der Waals surface area contributed by atoms with Gasteiger partial charge in [0.15, 0.2) is 23.1 Å². The number of rotatable bonds is 4. The highest BCUT2D eigenvalue weighted by atomic mass is 19.1. The van der Waals surface area contributed by atoms with Crippen LogP contribution in [0.4, 0.5) is 4.39 Å². The lowest BCUT2D eigenvalue weighted by Gasteiger charge is -2.12. The second-order valence-electron chi connectivity index (χ2n) is 4.76. The first-order valence-corrected chi connectivity index (χ1v) is 6.90. The number of fused-ring (bicyclic) bond motifs is 1. The summed E-state index contributed by atoms with van der Waals surface area (Å²) in [5.74, 6) is 0.524. The standard InChI is InChI=1S/C17H12FN3O3/c1-22-15-6-11-13(7-12(15)18)20-9-21-17(11)24-14-4-3-10(8-19)5-16(14)23-2/h3-7,9H,1-2H3. The summed E-state index contributed by atoms with van der Waals surface area (Å²) in [6, 6.07) is 9.50. The van der Waals surface area contributed by atoms with Crippen molar-refractivity contribution in [3.05, 3.63) is 48.0 Å². The van der Waals surface area contributed by atoms with Crippen molar-refractivity contribution in [2.75, 3.05) is 14.2 Å². The van der Waals surface area contributed by atoms with E-state index in [1.165, 1.54) is 32.7 Å². The van der Waals surface area contributed by atoms with Crippen LogP contribution in [0, 0.1) is 17.1 Å². The van der Waals surface area contributed by atoms with Crippen LogP contribution in [0.1, 0.15) is 5.56 Å². The van der Waals surface area contributed by atoms with E-state index in [1.54, 1.807) is 18.2 Å². The first-order valence-electron chi connectivity index (χ1n) is 6.90. The molecule has 0 aliphatic heterocycles. The number of halogens is 1. The van der Waals surface area contributed by atoms with Crippen molar-refractivity contribution < 1.29 is 18.6 Å². The Morgan fingerprint density at radius 1 is 1.00 bits per heavy atom. The summed E-state index contributed by atoms with van der Waals surface area (Å²) in [5, 5.41) is 9.43. The molecule has 120 valence electrons. The van der Waals surface area contributed by atoms with E-state index in [0.29, 0.717) is 28.0 Å². The first-order chi connectivity index (χ1) is 11.7. The minimum Gasteiger partial charge on any atom is -0.494 e. The number of ether oxygens (including phenoxy) is 3. The van der Waals surface area contributed by atoms with Gasteiger partial charge in [0.2, 0.25) is 5.88 Å². The summed E-state index contributed by atoms with van der Waals surface area (Å²) in [7, 11) is 2.85. The Labute approximate surface area is 137 Å². The highest BCUT2D eigenvalue weighted by molar-refractivity contribution is 5.85. The molecule has 0 spiro atoms. The molecule has 1 aromatic heterocycles. The molecular weight excluding hydrogens is 313 g/mol. The van der Waals surface area contributed by atoms with E-state index < -0.39 is 5.82 Å². The van der Waals surface area contributed by atoms with Gasteiger partial charge in [-0.2, -0.15) is 5.26 Å². The van der Waals surface area contributed by atoms with Crippen LogP contribution in [-0.4, -0.2) is 24.2 Å². The molecule has 7 heteroatoms. The molecule has 6 nitrogen and oxygen atoms in total. The van der Waals surface area contributed by atoms with Gasteiger partial charge >= 0.3 is 0 Å². The van der Waals surface area contributed by atoms with Gasteiger partial charge in [-0.05, 0) is 18.2 Å². The van der Waals surface area contributed by atoms with Crippen LogP contribution in [-0.2, 0) is 0 Å². The van der Waals surface area contributed by atoms with Crippen LogP contribution in [0.15, 0.2) is 36.7 Å². The maximum Gasteiger partial charge on any atom is 0.230 e. The van der Waals surface area contributed by atoms with Crippen molar-refractivity contribution in [2.45, 2.75) is 0 Å². The van der Waals surface area contributed by atoms with Gasteiger partial charge in [0.25, 0.3) is 0 Å². The Morgan fingerprint density at radius 3 is 2.50 bits per heavy atom. The third-order valence-electron chi connectivity index (χ3n) is 3.37. The van der Waals surface area contributed by atoms with Crippen LogP contribution in [0.2, 0.25) is 0 Å². The van der Waals surface area contributed by atoms with Gasteiger partial charge in [-0.25, -0.2) is 14.4 Å². The maximum atomic E-state index is 13.8. The largest absolute Gasteiger partial charge is 0.494 e. The third kappa shape index (κ3) is 2.77. The van der Waals surface area contributed by atoms with Gasteiger partial charge in [-0.1, -0.05) is 0 Å². The average Bonchev–Trinajstić information content (AvgIpc) is 2.61. The molecule has 0 saturated heterocycles. The number of nitrogens with zero attached hydrogens (tertiary/aromatic N) is 3. The lowest BCUT2D eigenvalue weighted by Crippen LogP contribution is -1.96. The zero-order valence-corrected chi connectivity index (χ0v) is 12.9. The van der Waals surface area contributed by atoms with Crippen molar-refractivity contribution >= 4 is 10.9 Å². The molecule has 0 radical (unpaired) electrons. The second-order valence-corrected chi connectivity index (χ2v) is 4.76. The lowest BCUT2D eigenvalue weighted by molar-refractivity contribution is 0.374. The van der Waals surface area contributed by atoms with Gasteiger partial charge < -0.3 is 14.2 Å². The van der Waals surface area contributed by atoms with E-state index in [0.717, 1.165) is 0 Å². The fraction of sp³-hybridized carbons (Fsp3) is 0.118. The minimum atomic E-state index is -0.523. The highest BCUT2D eigenvalue weighted by Crippen LogP contribution is 2.35. The average molecular weight is 325 g/mol. The van der Waals surface area contributed by atoms with Crippen LogP contribution < -0.4 is 14.2 Å². The van der Waals surface area contributed by atoms with E-state index in [2.05, 4.69) is 9.97 Å². The molecule has 0 aliphatic rings. The maximum absolute atomic E-state index is 13.8. The molecule has 0 fully saturated rings. The molecule has 3 rings (SSSR count). The van der Waals surface area contributed by atoms with Gasteiger partial charge in [0.1, 0.15) is 6.33 Å². The zero-order valence-electron chi connectivity index (χ0n) is 12.9. The summed E-state index contributed by atoms with van der Waals surface area (Å²) in [5.41, 5.74) is 0.821.